The first kappa shape index (κ1) is 18.1. The van der Waals surface area contributed by atoms with Gasteiger partial charge in [-0.1, -0.05) is 6.42 Å². The molecule has 0 amide bonds. The molecule has 0 aromatic heterocycles. The number of nitrogens with zero attached hydrogens (tertiary/aromatic N) is 2. The Morgan fingerprint density at radius 3 is 2.50 bits per heavy atom. The fraction of sp³-hybridized carbons (Fsp3) is 1.00. The van der Waals surface area contributed by atoms with Crippen LogP contribution in [0.1, 0.15) is 39.5 Å². The predicted octanol–water partition coefficient (Wildman–Crippen LogP) is 1.20. The first-order chi connectivity index (χ1) is 7.91. The van der Waals surface area contributed by atoms with Gasteiger partial charge in [0.05, 0.1) is 0 Å². The molecule has 7 heteroatoms. The van der Waals surface area contributed by atoms with Gasteiger partial charge in [-0.25, -0.2) is 0 Å². The third-order valence-corrected chi connectivity index (χ3v) is 5.68. The molecular weight excluding hydrogens is 274 g/mol. The molecule has 0 bridgehead atoms. The van der Waals surface area contributed by atoms with E-state index < -0.39 is 10.2 Å². The van der Waals surface area contributed by atoms with Gasteiger partial charge in [-0.15, -0.1) is 12.4 Å². The molecule has 1 aliphatic heterocycles. The lowest BCUT2D eigenvalue weighted by Crippen LogP contribution is -2.51. The van der Waals surface area contributed by atoms with Crippen LogP contribution in [-0.4, -0.2) is 49.2 Å². The summed E-state index contributed by atoms with van der Waals surface area (Å²) in [5, 5.41) is 0. The highest BCUT2D eigenvalue weighted by molar-refractivity contribution is 7.86. The molecule has 5 nitrogen and oxygen atoms in total. The van der Waals surface area contributed by atoms with Crippen LogP contribution in [-0.2, 0) is 10.2 Å². The van der Waals surface area contributed by atoms with Crippen LogP contribution in [0.2, 0.25) is 0 Å². The third-order valence-electron chi connectivity index (χ3n) is 3.46. The maximum atomic E-state index is 12.4. The summed E-state index contributed by atoms with van der Waals surface area (Å²) in [5.41, 5.74) is 5.57. The Labute approximate surface area is 117 Å². The zero-order chi connectivity index (χ0) is 13.1. The molecule has 1 saturated heterocycles. The van der Waals surface area contributed by atoms with Gasteiger partial charge in [0.1, 0.15) is 0 Å². The van der Waals surface area contributed by atoms with Crippen LogP contribution in [0.25, 0.3) is 0 Å². The van der Waals surface area contributed by atoms with Gasteiger partial charge in [-0.3, -0.25) is 0 Å². The minimum absolute atomic E-state index is 0. The topological polar surface area (TPSA) is 66.6 Å². The van der Waals surface area contributed by atoms with E-state index in [1.165, 1.54) is 4.31 Å². The molecule has 0 radical (unpaired) electrons. The molecule has 0 aromatic carbocycles. The van der Waals surface area contributed by atoms with Crippen molar-refractivity contribution in [1.82, 2.24) is 8.61 Å². The Balaban J connectivity index is 0.00000289. The summed E-state index contributed by atoms with van der Waals surface area (Å²) in [6.07, 6.45) is 3.74. The number of hydrogen-bond acceptors (Lipinski definition) is 3. The van der Waals surface area contributed by atoms with Gasteiger partial charge < -0.3 is 5.73 Å². The summed E-state index contributed by atoms with van der Waals surface area (Å²) in [6, 6.07) is 0.0698. The molecule has 0 saturated carbocycles. The third kappa shape index (κ3) is 4.06. The number of rotatable bonds is 5. The highest BCUT2D eigenvalue weighted by Crippen LogP contribution is 2.24. The van der Waals surface area contributed by atoms with Gasteiger partial charge in [-0.05, 0) is 39.7 Å². The molecular formula is C11H26ClN3O2S. The molecule has 110 valence electrons. The minimum Gasteiger partial charge on any atom is -0.330 e. The standard InChI is InChI=1S/C11H25N3O2S.ClH/c1-10(2)13(3)17(15,16)14-9-5-4-6-11(14)7-8-12;/h10-11H,4-9,12H2,1-3H3;1H. The van der Waals surface area contributed by atoms with E-state index in [9.17, 15) is 8.42 Å². The Morgan fingerprint density at radius 2 is 2.00 bits per heavy atom. The molecule has 0 aliphatic carbocycles. The van der Waals surface area contributed by atoms with Crippen LogP contribution in [0.5, 0.6) is 0 Å². The van der Waals surface area contributed by atoms with Gasteiger partial charge >= 0.3 is 0 Å². The van der Waals surface area contributed by atoms with Crippen LogP contribution in [0.15, 0.2) is 0 Å². The largest absolute Gasteiger partial charge is 0.330 e. The van der Waals surface area contributed by atoms with Gasteiger partial charge in [0.15, 0.2) is 0 Å². The fourth-order valence-electron chi connectivity index (χ4n) is 2.19. The first-order valence-electron chi connectivity index (χ1n) is 6.36. The van der Waals surface area contributed by atoms with Crippen LogP contribution in [0.3, 0.4) is 0 Å². The summed E-state index contributed by atoms with van der Waals surface area (Å²) < 4.78 is 27.9. The smallest absolute Gasteiger partial charge is 0.282 e. The van der Waals surface area contributed by atoms with Crippen molar-refractivity contribution in [1.29, 1.82) is 0 Å². The highest BCUT2D eigenvalue weighted by Gasteiger charge is 2.35. The minimum atomic E-state index is -3.32. The van der Waals surface area contributed by atoms with E-state index in [2.05, 4.69) is 0 Å². The van der Waals surface area contributed by atoms with Crippen molar-refractivity contribution in [2.45, 2.75) is 51.6 Å². The van der Waals surface area contributed by atoms with Gasteiger partial charge in [0.2, 0.25) is 0 Å². The number of piperidine rings is 1. The van der Waals surface area contributed by atoms with E-state index in [0.29, 0.717) is 13.1 Å². The molecule has 1 heterocycles. The monoisotopic (exact) mass is 299 g/mol. The van der Waals surface area contributed by atoms with Crippen LogP contribution in [0, 0.1) is 0 Å². The Morgan fingerprint density at radius 1 is 1.39 bits per heavy atom. The lowest BCUT2D eigenvalue weighted by molar-refractivity contribution is 0.223. The Kier molecular flexibility index (Phi) is 7.70. The molecule has 18 heavy (non-hydrogen) atoms. The quantitative estimate of drug-likeness (QED) is 0.829. The molecule has 1 aliphatic rings. The second-order valence-electron chi connectivity index (χ2n) is 4.96. The normalized spacial score (nSPS) is 22.2. The predicted molar refractivity (Wildman–Crippen MR) is 77.1 cm³/mol. The van der Waals surface area contributed by atoms with E-state index in [-0.39, 0.29) is 24.5 Å². The Bertz CT molecular complexity index is 333. The van der Waals surface area contributed by atoms with E-state index in [0.717, 1.165) is 25.7 Å². The molecule has 2 N–H and O–H groups in total. The second kappa shape index (κ2) is 7.65. The van der Waals surface area contributed by atoms with Gasteiger partial charge in [-0.2, -0.15) is 17.0 Å². The van der Waals surface area contributed by atoms with Crippen molar-refractivity contribution >= 4 is 22.6 Å². The van der Waals surface area contributed by atoms with Crippen molar-refractivity contribution in [3.8, 4) is 0 Å². The first-order valence-corrected chi connectivity index (χ1v) is 7.75. The van der Waals surface area contributed by atoms with E-state index >= 15 is 0 Å². The molecule has 1 unspecified atom stereocenters. The molecule has 1 fully saturated rings. The molecule has 1 rings (SSSR count). The van der Waals surface area contributed by atoms with Crippen molar-refractivity contribution in [3.05, 3.63) is 0 Å². The SMILES string of the molecule is CC(C)N(C)S(=O)(=O)N1CCCCC1CCN.Cl. The van der Waals surface area contributed by atoms with E-state index in [4.69, 9.17) is 5.73 Å². The summed E-state index contributed by atoms with van der Waals surface area (Å²) in [4.78, 5) is 0. The van der Waals surface area contributed by atoms with Crippen LogP contribution >= 0.6 is 12.4 Å². The number of nitrogens with two attached hydrogens (primary N) is 1. The second-order valence-corrected chi connectivity index (χ2v) is 6.90. The summed E-state index contributed by atoms with van der Waals surface area (Å²) in [6.45, 7) is 4.95. The molecule has 1 atom stereocenters. The number of hydrogen-bond donors (Lipinski definition) is 1. The number of halogens is 1. The van der Waals surface area contributed by atoms with Crippen LogP contribution < -0.4 is 5.73 Å². The Hall–Kier alpha value is 0.120. The average Bonchev–Trinajstić information content (AvgIpc) is 2.29. The summed E-state index contributed by atoms with van der Waals surface area (Å²) >= 11 is 0. The molecule has 0 aromatic rings. The van der Waals surface area contributed by atoms with Crippen molar-refractivity contribution in [2.24, 2.45) is 5.73 Å². The highest BCUT2D eigenvalue weighted by atomic mass is 35.5. The van der Waals surface area contributed by atoms with Crippen molar-refractivity contribution in [2.75, 3.05) is 20.1 Å². The van der Waals surface area contributed by atoms with Gasteiger partial charge in [0, 0.05) is 25.7 Å². The zero-order valence-corrected chi connectivity index (χ0v) is 13.1. The maximum Gasteiger partial charge on any atom is 0.282 e. The lowest BCUT2D eigenvalue weighted by Gasteiger charge is -2.38. The van der Waals surface area contributed by atoms with Crippen molar-refractivity contribution in [3.63, 3.8) is 0 Å². The summed E-state index contributed by atoms with van der Waals surface area (Å²) in [7, 11) is -1.67. The van der Waals surface area contributed by atoms with Crippen LogP contribution in [0.4, 0.5) is 0 Å². The summed E-state index contributed by atoms with van der Waals surface area (Å²) in [5.74, 6) is 0. The maximum absolute atomic E-state index is 12.4. The zero-order valence-electron chi connectivity index (χ0n) is 11.5. The molecule has 0 spiro atoms. The van der Waals surface area contributed by atoms with Gasteiger partial charge in [0.25, 0.3) is 10.2 Å². The van der Waals surface area contributed by atoms with Crippen molar-refractivity contribution < 1.29 is 8.42 Å². The fourth-order valence-corrected chi connectivity index (χ4v) is 4.00. The lowest BCUT2D eigenvalue weighted by atomic mass is 10.0. The van der Waals surface area contributed by atoms with E-state index in [1.807, 2.05) is 13.8 Å². The van der Waals surface area contributed by atoms with E-state index in [1.54, 1.807) is 11.4 Å². The average molecular weight is 300 g/mol.